The molecule has 20 heavy (non-hydrogen) atoms. The van der Waals surface area contributed by atoms with E-state index >= 15 is 0 Å². The van der Waals surface area contributed by atoms with Crippen LogP contribution in [0.4, 0.5) is 5.95 Å². The van der Waals surface area contributed by atoms with Gasteiger partial charge in [0.25, 0.3) is 0 Å². The molecule has 2 aromatic heterocycles. The Kier molecular flexibility index (Phi) is 3.68. The monoisotopic (exact) mass is 275 g/mol. The Morgan fingerprint density at radius 3 is 2.75 bits per heavy atom. The SMILES string of the molecule is CCCc1nn(C)c2c1nc(N)n2CCC1CCCC1. The van der Waals surface area contributed by atoms with Gasteiger partial charge in [-0.1, -0.05) is 39.0 Å². The van der Waals surface area contributed by atoms with Gasteiger partial charge in [0, 0.05) is 13.6 Å². The molecular weight excluding hydrogens is 250 g/mol. The normalized spacial score (nSPS) is 16.5. The summed E-state index contributed by atoms with van der Waals surface area (Å²) in [4.78, 5) is 4.56. The number of hydrogen-bond donors (Lipinski definition) is 1. The number of anilines is 1. The van der Waals surface area contributed by atoms with Crippen LogP contribution in [0.3, 0.4) is 0 Å². The third kappa shape index (κ3) is 2.30. The molecule has 0 unspecified atom stereocenters. The van der Waals surface area contributed by atoms with E-state index in [1.54, 1.807) is 0 Å². The summed E-state index contributed by atoms with van der Waals surface area (Å²) >= 11 is 0. The molecule has 110 valence electrons. The van der Waals surface area contributed by atoms with Gasteiger partial charge >= 0.3 is 0 Å². The number of hydrogen-bond acceptors (Lipinski definition) is 3. The predicted molar refractivity (Wildman–Crippen MR) is 81.5 cm³/mol. The third-order valence-electron chi connectivity index (χ3n) is 4.54. The van der Waals surface area contributed by atoms with E-state index in [0.29, 0.717) is 5.95 Å². The Labute approximate surface area is 120 Å². The molecule has 1 saturated carbocycles. The third-order valence-corrected chi connectivity index (χ3v) is 4.54. The first-order chi connectivity index (χ1) is 9.70. The molecule has 0 amide bonds. The number of imidazole rings is 1. The lowest BCUT2D eigenvalue weighted by Crippen LogP contribution is -2.09. The molecule has 0 bridgehead atoms. The molecule has 0 atom stereocenters. The van der Waals surface area contributed by atoms with E-state index in [2.05, 4.69) is 21.6 Å². The van der Waals surface area contributed by atoms with Crippen molar-refractivity contribution >= 4 is 17.1 Å². The van der Waals surface area contributed by atoms with Gasteiger partial charge < -0.3 is 5.73 Å². The molecule has 5 nitrogen and oxygen atoms in total. The summed E-state index contributed by atoms with van der Waals surface area (Å²) in [6.07, 6.45) is 8.81. The quantitative estimate of drug-likeness (QED) is 0.912. The fourth-order valence-electron chi connectivity index (χ4n) is 3.49. The average Bonchev–Trinajstić information content (AvgIpc) is 3.08. The van der Waals surface area contributed by atoms with Crippen molar-refractivity contribution in [1.29, 1.82) is 0 Å². The van der Waals surface area contributed by atoms with Crippen LogP contribution in [-0.4, -0.2) is 19.3 Å². The number of nitrogens with two attached hydrogens (primary N) is 1. The second kappa shape index (κ2) is 5.46. The Hall–Kier alpha value is -1.52. The maximum atomic E-state index is 6.13. The predicted octanol–water partition coefficient (Wildman–Crippen LogP) is 2.88. The molecule has 1 aliphatic rings. The van der Waals surface area contributed by atoms with Gasteiger partial charge in [-0.2, -0.15) is 5.10 Å². The highest BCUT2D eigenvalue weighted by Gasteiger charge is 2.19. The van der Waals surface area contributed by atoms with Crippen molar-refractivity contribution in [3.8, 4) is 0 Å². The topological polar surface area (TPSA) is 61.7 Å². The largest absolute Gasteiger partial charge is 0.369 e. The van der Waals surface area contributed by atoms with E-state index in [0.717, 1.165) is 42.2 Å². The lowest BCUT2D eigenvalue weighted by molar-refractivity contribution is 0.461. The molecule has 0 spiro atoms. The maximum absolute atomic E-state index is 6.13. The fraction of sp³-hybridized carbons (Fsp3) is 0.733. The second-order valence-corrected chi connectivity index (χ2v) is 6.05. The first kappa shape index (κ1) is 13.5. The van der Waals surface area contributed by atoms with Crippen molar-refractivity contribution < 1.29 is 0 Å². The summed E-state index contributed by atoms with van der Waals surface area (Å²) in [5, 5.41) is 4.60. The highest BCUT2D eigenvalue weighted by atomic mass is 15.3. The van der Waals surface area contributed by atoms with Crippen LogP contribution in [0.5, 0.6) is 0 Å². The van der Waals surface area contributed by atoms with Gasteiger partial charge in [-0.05, 0) is 18.8 Å². The highest BCUT2D eigenvalue weighted by molar-refractivity contribution is 5.77. The molecule has 0 aromatic carbocycles. The highest BCUT2D eigenvalue weighted by Crippen LogP contribution is 2.29. The van der Waals surface area contributed by atoms with E-state index in [9.17, 15) is 0 Å². The number of nitrogens with zero attached hydrogens (tertiary/aromatic N) is 4. The number of fused-ring (bicyclic) bond motifs is 1. The minimum Gasteiger partial charge on any atom is -0.369 e. The number of aryl methyl sites for hydroxylation is 3. The zero-order valence-electron chi connectivity index (χ0n) is 12.6. The van der Waals surface area contributed by atoms with Crippen LogP contribution in [0.25, 0.3) is 11.2 Å². The molecule has 0 radical (unpaired) electrons. The summed E-state index contributed by atoms with van der Waals surface area (Å²) in [5.41, 5.74) is 9.29. The molecule has 3 rings (SSSR count). The Balaban J connectivity index is 1.87. The van der Waals surface area contributed by atoms with E-state index in [-0.39, 0.29) is 0 Å². The van der Waals surface area contributed by atoms with Crippen LogP contribution in [0.15, 0.2) is 0 Å². The molecule has 2 aromatic rings. The minimum absolute atomic E-state index is 0.642. The molecule has 5 heteroatoms. The van der Waals surface area contributed by atoms with Crippen molar-refractivity contribution in [3.05, 3.63) is 5.69 Å². The van der Waals surface area contributed by atoms with E-state index < -0.39 is 0 Å². The van der Waals surface area contributed by atoms with Gasteiger partial charge in [-0.25, -0.2) is 4.98 Å². The van der Waals surface area contributed by atoms with Crippen LogP contribution in [0.2, 0.25) is 0 Å². The van der Waals surface area contributed by atoms with Crippen LogP contribution < -0.4 is 5.73 Å². The van der Waals surface area contributed by atoms with Crippen molar-refractivity contribution in [2.75, 3.05) is 5.73 Å². The summed E-state index contributed by atoms with van der Waals surface area (Å²) in [5.74, 6) is 1.51. The van der Waals surface area contributed by atoms with Gasteiger partial charge in [0.15, 0.2) is 5.65 Å². The average molecular weight is 275 g/mol. The molecule has 0 aliphatic heterocycles. The zero-order chi connectivity index (χ0) is 14.1. The fourth-order valence-corrected chi connectivity index (χ4v) is 3.49. The molecular formula is C15H25N5. The minimum atomic E-state index is 0.642. The lowest BCUT2D eigenvalue weighted by atomic mass is 10.0. The lowest BCUT2D eigenvalue weighted by Gasteiger charge is -2.11. The maximum Gasteiger partial charge on any atom is 0.202 e. The summed E-state index contributed by atoms with van der Waals surface area (Å²) < 4.78 is 4.10. The van der Waals surface area contributed by atoms with Crippen LogP contribution in [0.1, 0.15) is 51.1 Å². The zero-order valence-corrected chi connectivity index (χ0v) is 12.6. The van der Waals surface area contributed by atoms with Crippen LogP contribution in [0, 0.1) is 5.92 Å². The van der Waals surface area contributed by atoms with E-state index in [1.165, 1.54) is 32.1 Å². The van der Waals surface area contributed by atoms with Gasteiger partial charge in [-0.15, -0.1) is 0 Å². The Morgan fingerprint density at radius 2 is 2.05 bits per heavy atom. The van der Waals surface area contributed by atoms with Crippen molar-refractivity contribution in [2.45, 2.75) is 58.4 Å². The standard InChI is InChI=1S/C15H25N5/c1-3-6-12-13-14(19(2)18-12)20(15(16)17-13)10-9-11-7-4-5-8-11/h11H,3-10H2,1-2H3,(H2,16,17). The molecule has 2 heterocycles. The smallest absolute Gasteiger partial charge is 0.202 e. The van der Waals surface area contributed by atoms with Crippen molar-refractivity contribution in [3.63, 3.8) is 0 Å². The molecule has 1 fully saturated rings. The Morgan fingerprint density at radius 1 is 1.30 bits per heavy atom. The first-order valence-corrected chi connectivity index (χ1v) is 7.88. The Bertz CT molecular complexity index is 589. The second-order valence-electron chi connectivity index (χ2n) is 6.05. The van der Waals surface area contributed by atoms with Crippen molar-refractivity contribution in [1.82, 2.24) is 19.3 Å². The number of nitrogen functional groups attached to an aromatic ring is 1. The van der Waals surface area contributed by atoms with Crippen molar-refractivity contribution in [2.24, 2.45) is 13.0 Å². The van der Waals surface area contributed by atoms with E-state index in [1.807, 2.05) is 11.7 Å². The molecule has 0 saturated heterocycles. The summed E-state index contributed by atoms with van der Waals surface area (Å²) in [6, 6.07) is 0. The number of aromatic nitrogens is 4. The van der Waals surface area contributed by atoms with Gasteiger partial charge in [0.2, 0.25) is 5.95 Å². The number of rotatable bonds is 5. The van der Waals surface area contributed by atoms with Gasteiger partial charge in [-0.3, -0.25) is 9.25 Å². The molecule has 1 aliphatic carbocycles. The van der Waals surface area contributed by atoms with Crippen LogP contribution in [-0.2, 0) is 20.0 Å². The summed E-state index contributed by atoms with van der Waals surface area (Å²) in [6.45, 7) is 3.14. The van der Waals surface area contributed by atoms with Crippen LogP contribution >= 0.6 is 0 Å². The first-order valence-electron chi connectivity index (χ1n) is 7.88. The van der Waals surface area contributed by atoms with Gasteiger partial charge in [0.05, 0.1) is 5.69 Å². The van der Waals surface area contributed by atoms with E-state index in [4.69, 9.17) is 5.73 Å². The molecule has 2 N–H and O–H groups in total. The summed E-state index contributed by atoms with van der Waals surface area (Å²) in [7, 11) is 1.99. The van der Waals surface area contributed by atoms with Gasteiger partial charge in [0.1, 0.15) is 5.52 Å².